The van der Waals surface area contributed by atoms with Crippen molar-refractivity contribution in [2.45, 2.75) is 42.1 Å². The lowest BCUT2D eigenvalue weighted by Crippen LogP contribution is -2.18. The SMILES string of the molecule is Nc1nc2ccc(Sc3cccc(CNCc4ccc(Cl)cc4Cl)c3)cc2cc1CC1CCOCC1. The molecule has 0 bridgehead atoms. The lowest BCUT2D eigenvalue weighted by Gasteiger charge is -2.22. The first-order valence-electron chi connectivity index (χ1n) is 12.2. The number of pyridine rings is 1. The van der Waals surface area contributed by atoms with Crippen LogP contribution >= 0.6 is 35.0 Å². The van der Waals surface area contributed by atoms with Crippen LogP contribution in [0.4, 0.5) is 5.82 Å². The number of hydrogen-bond donors (Lipinski definition) is 2. The van der Waals surface area contributed by atoms with Gasteiger partial charge in [0.05, 0.1) is 5.52 Å². The molecule has 5 rings (SSSR count). The van der Waals surface area contributed by atoms with Crippen LogP contribution in [0.3, 0.4) is 0 Å². The van der Waals surface area contributed by atoms with Crippen LogP contribution in [0.2, 0.25) is 10.0 Å². The predicted octanol–water partition coefficient (Wildman–Crippen LogP) is 7.53. The van der Waals surface area contributed by atoms with Gasteiger partial charge in [-0.15, -0.1) is 0 Å². The Kier molecular flexibility index (Phi) is 8.35. The molecule has 0 radical (unpaired) electrons. The van der Waals surface area contributed by atoms with Gasteiger partial charge in [0.15, 0.2) is 0 Å². The van der Waals surface area contributed by atoms with Gasteiger partial charge in [0, 0.05) is 51.5 Å². The van der Waals surface area contributed by atoms with E-state index in [1.165, 1.54) is 15.4 Å². The molecule has 36 heavy (non-hydrogen) atoms. The van der Waals surface area contributed by atoms with E-state index in [0.29, 0.717) is 28.3 Å². The molecule has 1 aliphatic heterocycles. The number of nitrogens with zero attached hydrogens (tertiary/aromatic N) is 1. The molecular formula is C29H29Cl2N3OS. The third-order valence-electron chi connectivity index (χ3n) is 6.54. The molecule has 4 aromatic rings. The maximum absolute atomic E-state index is 6.31. The minimum atomic E-state index is 0.616. The highest BCUT2D eigenvalue weighted by Gasteiger charge is 2.16. The average molecular weight is 539 g/mol. The number of aromatic nitrogens is 1. The van der Waals surface area contributed by atoms with Crippen LogP contribution in [0.1, 0.15) is 29.5 Å². The molecule has 3 aromatic carbocycles. The number of nitrogens with two attached hydrogens (primary N) is 1. The van der Waals surface area contributed by atoms with Crippen molar-refractivity contribution in [3.05, 3.63) is 93.5 Å². The number of benzene rings is 3. The van der Waals surface area contributed by atoms with Crippen LogP contribution in [0.15, 0.2) is 76.5 Å². The Balaban J connectivity index is 1.25. The zero-order valence-corrected chi connectivity index (χ0v) is 22.3. The van der Waals surface area contributed by atoms with E-state index in [4.69, 9.17) is 33.7 Å². The van der Waals surface area contributed by atoms with Gasteiger partial charge in [-0.2, -0.15) is 0 Å². The van der Waals surface area contributed by atoms with Gasteiger partial charge >= 0.3 is 0 Å². The molecule has 0 aliphatic carbocycles. The highest BCUT2D eigenvalue weighted by atomic mass is 35.5. The first-order chi connectivity index (χ1) is 17.5. The van der Waals surface area contributed by atoms with Crippen molar-refractivity contribution in [2.75, 3.05) is 18.9 Å². The zero-order valence-electron chi connectivity index (χ0n) is 20.0. The van der Waals surface area contributed by atoms with Crippen LogP contribution in [-0.2, 0) is 24.2 Å². The topological polar surface area (TPSA) is 60.2 Å². The van der Waals surface area contributed by atoms with Crippen molar-refractivity contribution in [3.63, 3.8) is 0 Å². The quantitative estimate of drug-likeness (QED) is 0.243. The van der Waals surface area contributed by atoms with E-state index in [9.17, 15) is 0 Å². The summed E-state index contributed by atoms with van der Waals surface area (Å²) in [4.78, 5) is 7.07. The highest BCUT2D eigenvalue weighted by Crippen LogP contribution is 2.32. The van der Waals surface area contributed by atoms with Crippen molar-refractivity contribution < 1.29 is 4.74 Å². The van der Waals surface area contributed by atoms with Crippen molar-refractivity contribution in [3.8, 4) is 0 Å². The van der Waals surface area contributed by atoms with Gasteiger partial charge < -0.3 is 15.8 Å². The highest BCUT2D eigenvalue weighted by molar-refractivity contribution is 7.99. The van der Waals surface area contributed by atoms with E-state index in [0.717, 1.165) is 61.1 Å². The molecule has 1 aromatic heterocycles. The molecule has 0 amide bonds. The fourth-order valence-electron chi connectivity index (χ4n) is 4.56. The monoisotopic (exact) mass is 537 g/mol. The molecular weight excluding hydrogens is 509 g/mol. The summed E-state index contributed by atoms with van der Waals surface area (Å²) in [6.45, 7) is 3.12. The number of nitrogens with one attached hydrogen (secondary N) is 1. The molecule has 0 saturated carbocycles. The summed E-state index contributed by atoms with van der Waals surface area (Å²) in [7, 11) is 0. The molecule has 1 saturated heterocycles. The van der Waals surface area contributed by atoms with E-state index in [1.54, 1.807) is 17.8 Å². The van der Waals surface area contributed by atoms with Gasteiger partial charge in [0.1, 0.15) is 5.82 Å². The lowest BCUT2D eigenvalue weighted by atomic mass is 9.92. The second-order valence-corrected chi connectivity index (χ2v) is 11.2. The summed E-state index contributed by atoms with van der Waals surface area (Å²) >= 11 is 14.0. The van der Waals surface area contributed by atoms with Gasteiger partial charge in [-0.1, -0.05) is 53.2 Å². The molecule has 2 heterocycles. The summed E-state index contributed by atoms with van der Waals surface area (Å²) in [6, 6.07) is 22.8. The number of hydrogen-bond acceptors (Lipinski definition) is 5. The predicted molar refractivity (Wildman–Crippen MR) is 151 cm³/mol. The Morgan fingerprint density at radius 3 is 2.58 bits per heavy atom. The Hall–Kier alpha value is -2.28. The second-order valence-electron chi connectivity index (χ2n) is 9.24. The molecule has 0 atom stereocenters. The lowest BCUT2D eigenvalue weighted by molar-refractivity contribution is 0.0666. The summed E-state index contributed by atoms with van der Waals surface area (Å²) in [5, 5.41) is 5.94. The largest absolute Gasteiger partial charge is 0.383 e. The molecule has 1 fully saturated rings. The smallest absolute Gasteiger partial charge is 0.127 e. The number of nitrogen functional groups attached to an aromatic ring is 1. The Bertz CT molecular complexity index is 1360. The molecule has 1 aliphatic rings. The van der Waals surface area contributed by atoms with Crippen molar-refractivity contribution in [2.24, 2.45) is 5.92 Å². The van der Waals surface area contributed by atoms with Crippen molar-refractivity contribution in [1.29, 1.82) is 0 Å². The van der Waals surface area contributed by atoms with E-state index < -0.39 is 0 Å². The van der Waals surface area contributed by atoms with Gasteiger partial charge in [0.2, 0.25) is 0 Å². The van der Waals surface area contributed by atoms with Gasteiger partial charge in [-0.3, -0.25) is 0 Å². The van der Waals surface area contributed by atoms with Crippen molar-refractivity contribution in [1.82, 2.24) is 10.3 Å². The van der Waals surface area contributed by atoms with Crippen LogP contribution in [0.25, 0.3) is 10.9 Å². The maximum atomic E-state index is 6.31. The summed E-state index contributed by atoms with van der Waals surface area (Å²) in [5.41, 5.74) is 10.6. The molecule has 0 unspecified atom stereocenters. The van der Waals surface area contributed by atoms with E-state index >= 15 is 0 Å². The Morgan fingerprint density at radius 2 is 1.75 bits per heavy atom. The van der Waals surface area contributed by atoms with E-state index in [1.807, 2.05) is 12.1 Å². The van der Waals surface area contributed by atoms with Crippen molar-refractivity contribution >= 4 is 51.7 Å². The number of fused-ring (bicyclic) bond motifs is 1. The normalized spacial score (nSPS) is 14.4. The number of ether oxygens (including phenoxy) is 1. The van der Waals surface area contributed by atoms with Gasteiger partial charge in [-0.25, -0.2) is 4.98 Å². The second kappa shape index (κ2) is 11.8. The molecule has 3 N–H and O–H groups in total. The van der Waals surface area contributed by atoms with Crippen LogP contribution in [0, 0.1) is 5.92 Å². The standard InChI is InChI=1S/C29H29Cl2N3OS/c30-24-5-4-21(27(31)16-24)18-33-17-20-2-1-3-25(13-20)36-26-6-7-28-22(15-26)14-23(29(32)34-28)12-19-8-10-35-11-9-19/h1-7,13-16,19,33H,8-12,17-18H2,(H2,32,34). The molecule has 4 nitrogen and oxygen atoms in total. The van der Waals surface area contributed by atoms with Crippen LogP contribution in [-0.4, -0.2) is 18.2 Å². The van der Waals surface area contributed by atoms with Crippen LogP contribution in [0.5, 0.6) is 0 Å². The third-order valence-corrected chi connectivity index (χ3v) is 8.11. The van der Waals surface area contributed by atoms with E-state index in [2.05, 4.69) is 58.8 Å². The molecule has 7 heteroatoms. The zero-order chi connectivity index (χ0) is 24.9. The fourth-order valence-corrected chi connectivity index (χ4v) is 5.99. The van der Waals surface area contributed by atoms with Gasteiger partial charge in [-0.05, 0) is 90.4 Å². The average Bonchev–Trinajstić information content (AvgIpc) is 2.87. The number of rotatable bonds is 8. The Morgan fingerprint density at radius 1 is 0.917 bits per heavy atom. The summed E-state index contributed by atoms with van der Waals surface area (Å²) in [6.07, 6.45) is 3.14. The fraction of sp³-hybridized carbons (Fsp3) is 0.276. The van der Waals surface area contributed by atoms with Crippen LogP contribution < -0.4 is 11.1 Å². The maximum Gasteiger partial charge on any atom is 0.127 e. The minimum absolute atomic E-state index is 0.616. The minimum Gasteiger partial charge on any atom is -0.383 e. The third kappa shape index (κ3) is 6.53. The first-order valence-corrected chi connectivity index (χ1v) is 13.8. The first kappa shape index (κ1) is 25.4. The van der Waals surface area contributed by atoms with E-state index in [-0.39, 0.29) is 0 Å². The Labute approximate surface area is 226 Å². The summed E-state index contributed by atoms with van der Waals surface area (Å²) in [5.74, 6) is 1.26. The summed E-state index contributed by atoms with van der Waals surface area (Å²) < 4.78 is 5.51. The molecule has 0 spiro atoms. The molecule has 186 valence electrons. The van der Waals surface area contributed by atoms with Gasteiger partial charge in [0.25, 0.3) is 0 Å². The number of halogens is 2. The number of anilines is 1.